The van der Waals surface area contributed by atoms with E-state index in [2.05, 4.69) is 49.1 Å². The van der Waals surface area contributed by atoms with Gasteiger partial charge in [-0.15, -0.1) is 0 Å². The molecule has 0 aliphatic rings. The van der Waals surface area contributed by atoms with E-state index < -0.39 is 0 Å². The lowest BCUT2D eigenvalue weighted by molar-refractivity contribution is 0.677. The molecule has 0 radical (unpaired) electrons. The summed E-state index contributed by atoms with van der Waals surface area (Å²) in [5.74, 6) is 0. The van der Waals surface area contributed by atoms with Crippen LogP contribution in [0.5, 0.6) is 0 Å². The minimum Gasteiger partial charge on any atom is -0.370 e. The van der Waals surface area contributed by atoms with Crippen LogP contribution in [0.2, 0.25) is 0 Å². The van der Waals surface area contributed by atoms with Gasteiger partial charge in [-0.3, -0.25) is 0 Å². The number of nitriles is 1. The van der Waals surface area contributed by atoms with Crippen molar-refractivity contribution in [3.63, 3.8) is 0 Å². The number of hydrogen-bond donors (Lipinski definition) is 0. The molecule has 0 aliphatic carbocycles. The maximum Gasteiger partial charge on any atom is 0.0640 e. The highest BCUT2D eigenvalue weighted by Crippen LogP contribution is 2.17. The molecule has 0 aliphatic heterocycles. The van der Waals surface area contributed by atoms with Gasteiger partial charge < -0.3 is 4.90 Å². The summed E-state index contributed by atoms with van der Waals surface area (Å²) in [4.78, 5) is 2.33. The molecule has 0 atom stereocenters. The molecule has 1 aromatic carbocycles. The lowest BCUT2D eigenvalue weighted by Crippen LogP contribution is -2.25. The number of benzene rings is 1. The largest absolute Gasteiger partial charge is 0.370 e. The lowest BCUT2D eigenvalue weighted by atomic mass is 10.2. The lowest BCUT2D eigenvalue weighted by Gasteiger charge is -2.24. The smallest absolute Gasteiger partial charge is 0.0640 e. The van der Waals surface area contributed by atoms with E-state index in [1.807, 2.05) is 0 Å². The highest BCUT2D eigenvalue weighted by molar-refractivity contribution is 5.48. The third-order valence-electron chi connectivity index (χ3n) is 2.89. The van der Waals surface area contributed by atoms with Crippen LogP contribution in [0.15, 0.2) is 24.3 Å². The summed E-state index contributed by atoms with van der Waals surface area (Å²) in [6, 6.07) is 10.8. The van der Waals surface area contributed by atoms with E-state index in [4.69, 9.17) is 5.26 Å². The normalized spacial score (nSPS) is 9.94. The third-order valence-corrected chi connectivity index (χ3v) is 2.89. The molecule has 17 heavy (non-hydrogen) atoms. The second-order valence-electron chi connectivity index (χ2n) is 4.44. The molecule has 0 saturated heterocycles. The van der Waals surface area contributed by atoms with E-state index >= 15 is 0 Å². The van der Waals surface area contributed by atoms with E-state index in [1.165, 1.54) is 30.5 Å². The van der Waals surface area contributed by atoms with Crippen molar-refractivity contribution in [2.75, 3.05) is 18.0 Å². The van der Waals surface area contributed by atoms with E-state index in [1.54, 1.807) is 0 Å². The SMILES string of the molecule is CCCCCN(CCC#N)c1cccc(C)c1. The average Bonchev–Trinajstić information content (AvgIpc) is 2.33. The third kappa shape index (κ3) is 4.91. The molecule has 0 amide bonds. The molecule has 2 nitrogen and oxygen atoms in total. The zero-order chi connectivity index (χ0) is 12.5. The molecule has 1 aromatic rings. The van der Waals surface area contributed by atoms with Gasteiger partial charge in [-0.2, -0.15) is 5.26 Å². The molecule has 1 rings (SSSR count). The number of anilines is 1. The molecule has 92 valence electrons. The number of aryl methyl sites for hydroxylation is 1. The van der Waals surface area contributed by atoms with Crippen molar-refractivity contribution in [3.05, 3.63) is 29.8 Å². The second kappa shape index (κ2) is 7.73. The van der Waals surface area contributed by atoms with Crippen LogP contribution in [-0.4, -0.2) is 13.1 Å². The van der Waals surface area contributed by atoms with Gasteiger partial charge in [0.05, 0.1) is 12.5 Å². The van der Waals surface area contributed by atoms with Crippen LogP contribution < -0.4 is 4.90 Å². The maximum absolute atomic E-state index is 8.71. The minimum atomic E-state index is 0.597. The molecular formula is C15H22N2. The quantitative estimate of drug-likeness (QED) is 0.664. The molecule has 0 aromatic heterocycles. The van der Waals surface area contributed by atoms with Crippen molar-refractivity contribution in [1.29, 1.82) is 5.26 Å². The molecule has 0 spiro atoms. The first-order chi connectivity index (χ1) is 8.27. The first-order valence-corrected chi connectivity index (χ1v) is 6.46. The fourth-order valence-electron chi connectivity index (χ4n) is 1.93. The topological polar surface area (TPSA) is 27.0 Å². The minimum absolute atomic E-state index is 0.597. The van der Waals surface area contributed by atoms with E-state index in [9.17, 15) is 0 Å². The predicted octanol–water partition coefficient (Wildman–Crippen LogP) is 3.91. The van der Waals surface area contributed by atoms with Crippen LogP contribution >= 0.6 is 0 Å². The molecule has 0 heterocycles. The fraction of sp³-hybridized carbons (Fsp3) is 0.533. The summed E-state index contributed by atoms with van der Waals surface area (Å²) in [5.41, 5.74) is 2.52. The van der Waals surface area contributed by atoms with Crippen molar-refractivity contribution >= 4 is 5.69 Å². The van der Waals surface area contributed by atoms with Crippen LogP contribution in [0.4, 0.5) is 5.69 Å². The summed E-state index contributed by atoms with van der Waals surface area (Å²) >= 11 is 0. The Morgan fingerprint density at radius 3 is 2.71 bits per heavy atom. The molecule has 0 fully saturated rings. The van der Waals surface area contributed by atoms with Crippen molar-refractivity contribution in [2.45, 2.75) is 39.5 Å². The molecular weight excluding hydrogens is 208 g/mol. The zero-order valence-corrected chi connectivity index (χ0v) is 10.9. The van der Waals surface area contributed by atoms with Crippen molar-refractivity contribution in [3.8, 4) is 6.07 Å². The Bertz CT molecular complexity index is 365. The highest BCUT2D eigenvalue weighted by atomic mass is 15.1. The van der Waals surface area contributed by atoms with Crippen molar-refractivity contribution in [1.82, 2.24) is 0 Å². The van der Waals surface area contributed by atoms with Gasteiger partial charge in [-0.1, -0.05) is 31.9 Å². The average molecular weight is 230 g/mol. The number of hydrogen-bond acceptors (Lipinski definition) is 2. The second-order valence-corrected chi connectivity index (χ2v) is 4.44. The number of unbranched alkanes of at least 4 members (excludes halogenated alkanes) is 2. The Balaban J connectivity index is 2.64. The van der Waals surface area contributed by atoms with Crippen molar-refractivity contribution in [2.24, 2.45) is 0 Å². The molecule has 0 unspecified atom stereocenters. The van der Waals surface area contributed by atoms with Gasteiger partial charge in [0.1, 0.15) is 0 Å². The Labute approximate surface area is 105 Å². The standard InChI is InChI=1S/C15H22N2/c1-3-4-5-11-17(12-7-10-16)15-9-6-8-14(2)13-15/h6,8-9,13H,3-5,7,11-12H2,1-2H3. The monoisotopic (exact) mass is 230 g/mol. The Hall–Kier alpha value is -1.49. The highest BCUT2D eigenvalue weighted by Gasteiger charge is 2.05. The van der Waals surface area contributed by atoms with Crippen LogP contribution in [0, 0.1) is 18.3 Å². The molecule has 0 bridgehead atoms. The maximum atomic E-state index is 8.71. The van der Waals surface area contributed by atoms with Crippen molar-refractivity contribution < 1.29 is 0 Å². The summed E-state index contributed by atoms with van der Waals surface area (Å²) in [6.07, 6.45) is 4.30. The van der Waals surface area contributed by atoms with E-state index in [-0.39, 0.29) is 0 Å². The summed E-state index contributed by atoms with van der Waals surface area (Å²) in [7, 11) is 0. The summed E-state index contributed by atoms with van der Waals surface area (Å²) in [6.45, 7) is 6.22. The van der Waals surface area contributed by atoms with Crippen LogP contribution in [-0.2, 0) is 0 Å². The summed E-state index contributed by atoms with van der Waals surface area (Å²) in [5, 5.41) is 8.71. The van der Waals surface area contributed by atoms with Gasteiger partial charge >= 0.3 is 0 Å². The van der Waals surface area contributed by atoms with Gasteiger partial charge in [0.15, 0.2) is 0 Å². The van der Waals surface area contributed by atoms with E-state index in [0.717, 1.165) is 13.1 Å². The molecule has 0 N–H and O–H groups in total. The molecule has 2 heteroatoms. The van der Waals surface area contributed by atoms with Crippen LogP contribution in [0.1, 0.15) is 38.2 Å². The Morgan fingerprint density at radius 1 is 1.24 bits per heavy atom. The number of rotatable bonds is 7. The summed E-state index contributed by atoms with van der Waals surface area (Å²) < 4.78 is 0. The van der Waals surface area contributed by atoms with Gasteiger partial charge in [0.2, 0.25) is 0 Å². The van der Waals surface area contributed by atoms with E-state index in [0.29, 0.717) is 6.42 Å². The zero-order valence-electron chi connectivity index (χ0n) is 10.9. The van der Waals surface area contributed by atoms with Gasteiger partial charge in [0.25, 0.3) is 0 Å². The van der Waals surface area contributed by atoms with Gasteiger partial charge in [-0.05, 0) is 31.0 Å². The van der Waals surface area contributed by atoms with Gasteiger partial charge in [0, 0.05) is 18.8 Å². The first-order valence-electron chi connectivity index (χ1n) is 6.46. The Morgan fingerprint density at radius 2 is 2.06 bits per heavy atom. The predicted molar refractivity (Wildman–Crippen MR) is 73.1 cm³/mol. The van der Waals surface area contributed by atoms with Crippen LogP contribution in [0.3, 0.4) is 0 Å². The fourth-order valence-corrected chi connectivity index (χ4v) is 1.93. The first kappa shape index (κ1) is 13.6. The van der Waals surface area contributed by atoms with Gasteiger partial charge in [-0.25, -0.2) is 0 Å². The number of nitrogens with zero attached hydrogens (tertiary/aromatic N) is 2. The van der Waals surface area contributed by atoms with Crippen LogP contribution in [0.25, 0.3) is 0 Å². The molecule has 0 saturated carbocycles. The Kier molecular flexibility index (Phi) is 6.17.